The summed E-state index contributed by atoms with van der Waals surface area (Å²) in [6.45, 7) is 8.18. The first-order chi connectivity index (χ1) is 11.5. The summed E-state index contributed by atoms with van der Waals surface area (Å²) in [6, 6.07) is 0. The van der Waals surface area contributed by atoms with Gasteiger partial charge in [-0.25, -0.2) is 0 Å². The topological polar surface area (TPSA) is 63.6 Å². The summed E-state index contributed by atoms with van der Waals surface area (Å²) in [5.74, 6) is -0.587. The lowest BCUT2D eigenvalue weighted by atomic mass is 10.00. The van der Waals surface area contributed by atoms with Crippen molar-refractivity contribution in [3.63, 3.8) is 0 Å². The summed E-state index contributed by atoms with van der Waals surface area (Å²) in [4.78, 5) is 21.5. The Morgan fingerprint density at radius 1 is 0.917 bits per heavy atom. The quantitative estimate of drug-likeness (QED) is 0.572. The van der Waals surface area contributed by atoms with Crippen LogP contribution < -0.4 is 0 Å². The molecule has 2 unspecified atom stereocenters. The van der Waals surface area contributed by atoms with E-state index in [1.165, 1.54) is 19.3 Å². The Morgan fingerprint density at radius 3 is 1.58 bits per heavy atom. The maximum atomic E-state index is 11.1. The van der Waals surface area contributed by atoms with E-state index in [4.69, 9.17) is 8.90 Å². The van der Waals surface area contributed by atoms with Crippen LogP contribution in [0.5, 0.6) is 0 Å². The number of carbonyl (C=O) groups excluding carboxylic acids is 1. The fourth-order valence-electron chi connectivity index (χ4n) is 2.06. The summed E-state index contributed by atoms with van der Waals surface area (Å²) < 4.78 is 4.80. The molecule has 4 nitrogen and oxygen atoms in total. The SMILES string of the molecule is C1CC1.CCCCC(CC)C(=O)O.CCCCC(CC)C(=O)[O][AlH2]. The summed E-state index contributed by atoms with van der Waals surface area (Å²) in [6.07, 6.45) is 12.4. The van der Waals surface area contributed by atoms with Crippen LogP contribution in [0.4, 0.5) is 0 Å². The Labute approximate surface area is 157 Å². The molecule has 0 aromatic heterocycles. The highest BCUT2D eigenvalue weighted by Gasteiger charge is 2.14. The number of carbonyl (C=O) groups is 2. The van der Waals surface area contributed by atoms with Gasteiger partial charge in [0, 0.05) is 0 Å². The van der Waals surface area contributed by atoms with Crippen molar-refractivity contribution in [3.05, 3.63) is 0 Å². The number of aliphatic carboxylic acids is 1. The van der Waals surface area contributed by atoms with Gasteiger partial charge in [0.25, 0.3) is 5.97 Å². The highest BCUT2D eigenvalue weighted by Crippen LogP contribution is 2.15. The molecule has 142 valence electrons. The van der Waals surface area contributed by atoms with Crippen LogP contribution in [0.15, 0.2) is 0 Å². The van der Waals surface area contributed by atoms with Gasteiger partial charge in [-0.15, -0.1) is 0 Å². The summed E-state index contributed by atoms with van der Waals surface area (Å²) in [7, 11) is 0. The van der Waals surface area contributed by atoms with E-state index in [1.54, 1.807) is 0 Å². The molecule has 0 radical (unpaired) electrons. The van der Waals surface area contributed by atoms with Gasteiger partial charge in [0.1, 0.15) is 0 Å². The summed E-state index contributed by atoms with van der Waals surface area (Å²) >= 11 is 0.534. The minimum atomic E-state index is -0.643. The number of carboxylic acid groups (broad SMARTS) is 1. The maximum Gasteiger partial charge on any atom is 0.499 e. The van der Waals surface area contributed by atoms with Crippen molar-refractivity contribution >= 4 is 28.6 Å². The first kappa shape index (κ1) is 25.7. The van der Waals surface area contributed by atoms with Gasteiger partial charge in [0.2, 0.25) is 0 Å². The Bertz CT molecular complexity index is 303. The number of hydrogen-bond acceptors (Lipinski definition) is 3. The van der Waals surface area contributed by atoms with Crippen molar-refractivity contribution in [3.8, 4) is 0 Å². The van der Waals surface area contributed by atoms with E-state index >= 15 is 0 Å². The second-order valence-corrected chi connectivity index (χ2v) is 6.83. The zero-order valence-electron chi connectivity index (χ0n) is 16.6. The van der Waals surface area contributed by atoms with Crippen molar-refractivity contribution in [2.75, 3.05) is 0 Å². The predicted octanol–water partition coefficient (Wildman–Crippen LogP) is 4.75. The monoisotopic (exact) mass is 358 g/mol. The molecule has 0 amide bonds. The van der Waals surface area contributed by atoms with Crippen LogP contribution in [0.2, 0.25) is 0 Å². The van der Waals surface area contributed by atoms with Crippen LogP contribution in [0.25, 0.3) is 0 Å². The largest absolute Gasteiger partial charge is 0.621 e. The molecule has 1 saturated carbocycles. The van der Waals surface area contributed by atoms with Gasteiger partial charge < -0.3 is 8.90 Å². The standard InChI is InChI=1S/2C8H16O2.C3H6.Al.2H/c2*1-3-5-6-7(4-2)8(9)10;1-2-3-1;;;/h2*7H,3-6H2,1-2H3,(H,9,10);1-3H2;;;/q;;;+1;;/p-1. The molecule has 0 bridgehead atoms. The van der Waals surface area contributed by atoms with Gasteiger partial charge in [-0.3, -0.25) is 9.59 Å². The van der Waals surface area contributed by atoms with Gasteiger partial charge in [0.05, 0.1) is 11.8 Å². The second-order valence-electron chi connectivity index (χ2n) is 6.42. The molecule has 0 spiro atoms. The van der Waals surface area contributed by atoms with Crippen molar-refractivity contribution in [2.24, 2.45) is 11.8 Å². The second kappa shape index (κ2) is 18.8. The average Bonchev–Trinajstić information content (AvgIpc) is 3.45. The predicted molar refractivity (Wildman–Crippen MR) is 103 cm³/mol. The molecule has 1 aliphatic carbocycles. The number of carboxylic acids is 1. The van der Waals surface area contributed by atoms with E-state index in [-0.39, 0.29) is 17.8 Å². The van der Waals surface area contributed by atoms with E-state index in [0.717, 1.165) is 51.4 Å². The summed E-state index contributed by atoms with van der Waals surface area (Å²) in [5, 5.41) is 8.60. The van der Waals surface area contributed by atoms with Gasteiger partial charge in [-0.05, 0) is 25.7 Å². The maximum absolute atomic E-state index is 11.1. The normalized spacial score (nSPS) is 14.2. The third kappa shape index (κ3) is 17.8. The Hall–Kier alpha value is -0.528. The van der Waals surface area contributed by atoms with Crippen LogP contribution in [0.3, 0.4) is 0 Å². The van der Waals surface area contributed by atoms with E-state index in [1.807, 2.05) is 13.8 Å². The van der Waals surface area contributed by atoms with Crippen LogP contribution in [-0.4, -0.2) is 33.7 Å². The molecule has 5 heteroatoms. The third-order valence-electron chi connectivity index (χ3n) is 4.04. The fourth-order valence-corrected chi connectivity index (χ4v) is 2.39. The third-order valence-corrected chi connectivity index (χ3v) is 4.44. The van der Waals surface area contributed by atoms with Crippen molar-refractivity contribution in [1.82, 2.24) is 0 Å². The lowest BCUT2D eigenvalue weighted by Gasteiger charge is -2.12. The molecule has 1 rings (SSSR count). The van der Waals surface area contributed by atoms with Gasteiger partial charge >= 0.3 is 22.6 Å². The number of unbranched alkanes of at least 4 members (excludes halogenated alkanes) is 2. The van der Waals surface area contributed by atoms with Crippen LogP contribution >= 0.6 is 0 Å². The van der Waals surface area contributed by atoms with Crippen molar-refractivity contribution in [2.45, 2.75) is 98.3 Å². The molecule has 2 atom stereocenters. The number of hydrogen-bond donors (Lipinski definition) is 1. The van der Waals surface area contributed by atoms with Crippen molar-refractivity contribution in [1.29, 1.82) is 0 Å². The Morgan fingerprint density at radius 2 is 1.33 bits per heavy atom. The smallest absolute Gasteiger partial charge is 0.499 e. The van der Waals surface area contributed by atoms with Gasteiger partial charge in [-0.1, -0.05) is 72.6 Å². The lowest BCUT2D eigenvalue weighted by Crippen LogP contribution is -2.15. The molecular weight excluding hydrogens is 319 g/mol. The first-order valence-electron chi connectivity index (χ1n) is 9.78. The highest BCUT2D eigenvalue weighted by atomic mass is 27.1. The minimum absolute atomic E-state index is 0.00705. The molecule has 0 aliphatic heterocycles. The first-order valence-corrected chi connectivity index (χ1v) is 10.6. The number of rotatable bonds is 10. The van der Waals surface area contributed by atoms with Gasteiger partial charge in [0.15, 0.2) is 0 Å². The average molecular weight is 358 g/mol. The van der Waals surface area contributed by atoms with Crippen LogP contribution in [0, 0.1) is 11.8 Å². The molecule has 24 heavy (non-hydrogen) atoms. The van der Waals surface area contributed by atoms with Crippen LogP contribution in [-0.2, 0) is 13.4 Å². The van der Waals surface area contributed by atoms with Crippen molar-refractivity contribution < 1.29 is 18.5 Å². The fraction of sp³-hybridized carbons (Fsp3) is 0.895. The molecule has 0 aromatic carbocycles. The van der Waals surface area contributed by atoms with E-state index in [9.17, 15) is 9.59 Å². The molecule has 0 saturated heterocycles. The molecule has 0 heterocycles. The van der Waals surface area contributed by atoms with Crippen LogP contribution in [0.1, 0.15) is 98.3 Å². The van der Waals surface area contributed by atoms with Gasteiger partial charge in [-0.2, -0.15) is 0 Å². The highest BCUT2D eigenvalue weighted by molar-refractivity contribution is 6.05. The molecule has 1 fully saturated rings. The Kier molecular flexibility index (Phi) is 20.1. The zero-order valence-corrected chi connectivity index (χ0v) is 18.6. The van der Waals surface area contributed by atoms with E-state index in [2.05, 4.69) is 13.8 Å². The Balaban J connectivity index is 0. The van der Waals surface area contributed by atoms with E-state index < -0.39 is 5.97 Å². The zero-order chi connectivity index (χ0) is 18.8. The molecular formula is C19H39AlO4. The lowest BCUT2D eigenvalue weighted by molar-refractivity contribution is -0.142. The van der Waals surface area contributed by atoms with E-state index in [0.29, 0.717) is 16.6 Å². The molecule has 1 aliphatic rings. The molecule has 1 N–H and O–H groups in total. The molecule has 0 aromatic rings. The summed E-state index contributed by atoms with van der Waals surface area (Å²) in [5.41, 5.74) is 0. The minimum Gasteiger partial charge on any atom is -0.621 e.